The van der Waals surface area contributed by atoms with Gasteiger partial charge in [-0.1, -0.05) is 24.6 Å². The van der Waals surface area contributed by atoms with Crippen molar-refractivity contribution in [3.8, 4) is 0 Å². The Bertz CT molecular complexity index is 522. The van der Waals surface area contributed by atoms with Crippen molar-refractivity contribution in [1.82, 2.24) is 10.2 Å². The van der Waals surface area contributed by atoms with E-state index in [1.165, 1.54) is 4.90 Å². The molecule has 1 atom stereocenters. The Morgan fingerprint density at radius 1 is 1.32 bits per heavy atom. The van der Waals surface area contributed by atoms with E-state index >= 15 is 0 Å². The predicted octanol–water partition coefficient (Wildman–Crippen LogP) is 0.872. The smallest absolute Gasteiger partial charge is 0.255 e. The average Bonchev–Trinajstić information content (AvgIpc) is 2.38. The van der Waals surface area contributed by atoms with Crippen LogP contribution in [-0.2, 0) is 9.59 Å². The van der Waals surface area contributed by atoms with Crippen LogP contribution in [0, 0.1) is 6.92 Å². The zero-order valence-electron chi connectivity index (χ0n) is 11.0. The summed E-state index contributed by atoms with van der Waals surface area (Å²) < 4.78 is 0. The number of rotatable bonds is 2. The summed E-state index contributed by atoms with van der Waals surface area (Å²) in [6.07, 6.45) is 0.483. The Hall–Kier alpha value is -2.17. The SMILES string of the molecule is CCC1C(=O)NC(=O)CN1C(=O)c1ccc(C)cc1. The van der Waals surface area contributed by atoms with Crippen LogP contribution in [0.4, 0.5) is 0 Å². The normalized spacial score (nSPS) is 19.3. The van der Waals surface area contributed by atoms with Gasteiger partial charge >= 0.3 is 0 Å². The molecule has 100 valence electrons. The third-order valence-corrected chi connectivity index (χ3v) is 3.20. The number of nitrogens with zero attached hydrogens (tertiary/aromatic N) is 1. The van der Waals surface area contributed by atoms with Crippen LogP contribution in [-0.4, -0.2) is 35.2 Å². The predicted molar refractivity (Wildman–Crippen MR) is 69.4 cm³/mol. The molecule has 3 amide bonds. The number of piperazine rings is 1. The van der Waals surface area contributed by atoms with Crippen molar-refractivity contribution in [2.45, 2.75) is 26.3 Å². The Labute approximate surface area is 111 Å². The number of benzene rings is 1. The number of carbonyl (C=O) groups excluding carboxylic acids is 3. The van der Waals surface area contributed by atoms with Gasteiger partial charge in [0.2, 0.25) is 11.8 Å². The van der Waals surface area contributed by atoms with Crippen LogP contribution in [0.5, 0.6) is 0 Å². The monoisotopic (exact) mass is 260 g/mol. The minimum Gasteiger partial charge on any atom is -0.317 e. The Morgan fingerprint density at radius 2 is 1.95 bits per heavy atom. The molecular weight excluding hydrogens is 244 g/mol. The van der Waals surface area contributed by atoms with Crippen molar-refractivity contribution in [2.24, 2.45) is 0 Å². The maximum atomic E-state index is 12.4. The van der Waals surface area contributed by atoms with E-state index in [1.54, 1.807) is 12.1 Å². The molecule has 2 rings (SSSR count). The van der Waals surface area contributed by atoms with Crippen molar-refractivity contribution >= 4 is 17.7 Å². The molecule has 19 heavy (non-hydrogen) atoms. The summed E-state index contributed by atoms with van der Waals surface area (Å²) in [4.78, 5) is 36.8. The maximum absolute atomic E-state index is 12.4. The first-order valence-electron chi connectivity index (χ1n) is 6.24. The first kappa shape index (κ1) is 13.3. The average molecular weight is 260 g/mol. The molecule has 5 heteroatoms. The number of imide groups is 1. The van der Waals surface area contributed by atoms with Crippen molar-refractivity contribution in [3.63, 3.8) is 0 Å². The summed E-state index contributed by atoms with van der Waals surface area (Å²) in [5.41, 5.74) is 1.54. The van der Waals surface area contributed by atoms with E-state index in [-0.39, 0.29) is 12.5 Å². The quantitative estimate of drug-likeness (QED) is 0.802. The highest BCUT2D eigenvalue weighted by Crippen LogP contribution is 2.14. The minimum atomic E-state index is -0.577. The van der Waals surface area contributed by atoms with Crippen LogP contribution in [0.25, 0.3) is 0 Å². The highest BCUT2D eigenvalue weighted by Gasteiger charge is 2.35. The highest BCUT2D eigenvalue weighted by atomic mass is 16.2. The first-order valence-corrected chi connectivity index (χ1v) is 6.24. The van der Waals surface area contributed by atoms with Gasteiger partial charge in [0.05, 0.1) is 0 Å². The number of hydrogen-bond donors (Lipinski definition) is 1. The molecule has 1 fully saturated rings. The number of nitrogens with one attached hydrogen (secondary N) is 1. The number of amides is 3. The van der Waals surface area contributed by atoms with Gasteiger partial charge < -0.3 is 4.90 Å². The molecule has 1 aromatic rings. The van der Waals surface area contributed by atoms with Gasteiger partial charge in [0.15, 0.2) is 0 Å². The fraction of sp³-hybridized carbons (Fsp3) is 0.357. The summed E-state index contributed by atoms with van der Waals surface area (Å²) in [7, 11) is 0. The molecule has 1 aliphatic heterocycles. The lowest BCUT2D eigenvalue weighted by atomic mass is 10.1. The first-order chi connectivity index (χ1) is 9.02. The van der Waals surface area contributed by atoms with E-state index in [0.29, 0.717) is 12.0 Å². The van der Waals surface area contributed by atoms with Gasteiger partial charge in [0.1, 0.15) is 12.6 Å². The molecule has 1 N–H and O–H groups in total. The Kier molecular flexibility index (Phi) is 3.64. The summed E-state index contributed by atoms with van der Waals surface area (Å²) in [5.74, 6) is -1.12. The maximum Gasteiger partial charge on any atom is 0.255 e. The Balaban J connectivity index is 2.27. The standard InChI is InChI=1S/C14H16N2O3/c1-3-11-13(18)15-12(17)8-16(11)14(19)10-6-4-9(2)5-7-10/h4-7,11H,3,8H2,1-2H3,(H,15,17,18). The lowest BCUT2D eigenvalue weighted by molar-refractivity contribution is -0.138. The van der Waals surface area contributed by atoms with Crippen LogP contribution < -0.4 is 5.32 Å². The van der Waals surface area contributed by atoms with Crippen molar-refractivity contribution in [1.29, 1.82) is 0 Å². The fourth-order valence-corrected chi connectivity index (χ4v) is 2.15. The van der Waals surface area contributed by atoms with E-state index in [4.69, 9.17) is 0 Å². The second-order valence-electron chi connectivity index (χ2n) is 4.64. The van der Waals surface area contributed by atoms with E-state index in [0.717, 1.165) is 5.56 Å². The van der Waals surface area contributed by atoms with E-state index in [9.17, 15) is 14.4 Å². The second kappa shape index (κ2) is 5.22. The van der Waals surface area contributed by atoms with E-state index in [2.05, 4.69) is 5.32 Å². The van der Waals surface area contributed by atoms with Crippen LogP contribution >= 0.6 is 0 Å². The Morgan fingerprint density at radius 3 is 2.53 bits per heavy atom. The fourth-order valence-electron chi connectivity index (χ4n) is 2.15. The zero-order chi connectivity index (χ0) is 14.0. The molecule has 5 nitrogen and oxygen atoms in total. The van der Waals surface area contributed by atoms with Gasteiger partial charge in [-0.15, -0.1) is 0 Å². The van der Waals surface area contributed by atoms with Gasteiger partial charge in [0.25, 0.3) is 5.91 Å². The van der Waals surface area contributed by atoms with Crippen molar-refractivity contribution < 1.29 is 14.4 Å². The lowest BCUT2D eigenvalue weighted by Crippen LogP contribution is -2.59. The van der Waals surface area contributed by atoms with E-state index < -0.39 is 17.9 Å². The molecule has 1 saturated heterocycles. The number of aryl methyl sites for hydroxylation is 1. The molecule has 0 radical (unpaired) electrons. The second-order valence-corrected chi connectivity index (χ2v) is 4.64. The van der Waals surface area contributed by atoms with Gasteiger partial charge in [-0.3, -0.25) is 19.7 Å². The largest absolute Gasteiger partial charge is 0.317 e. The number of carbonyl (C=O) groups is 3. The molecule has 0 aliphatic carbocycles. The summed E-state index contributed by atoms with van der Waals surface area (Å²) in [6.45, 7) is 3.67. The summed E-state index contributed by atoms with van der Waals surface area (Å²) in [5, 5.41) is 2.25. The van der Waals surface area contributed by atoms with Gasteiger partial charge in [-0.05, 0) is 25.5 Å². The third kappa shape index (κ3) is 2.65. The van der Waals surface area contributed by atoms with Gasteiger partial charge in [0, 0.05) is 5.56 Å². The summed E-state index contributed by atoms with van der Waals surface area (Å²) in [6, 6.07) is 6.51. The van der Waals surface area contributed by atoms with E-state index in [1.807, 2.05) is 26.0 Å². The molecule has 0 spiro atoms. The van der Waals surface area contributed by atoms with Crippen molar-refractivity contribution in [2.75, 3.05) is 6.54 Å². The molecule has 0 saturated carbocycles. The molecule has 1 unspecified atom stereocenters. The minimum absolute atomic E-state index is 0.0725. The molecule has 1 aliphatic rings. The summed E-state index contributed by atoms with van der Waals surface area (Å²) >= 11 is 0. The van der Waals surface area contributed by atoms with Gasteiger partial charge in [-0.25, -0.2) is 0 Å². The topological polar surface area (TPSA) is 66.5 Å². The lowest BCUT2D eigenvalue weighted by Gasteiger charge is -2.33. The molecular formula is C14H16N2O3. The number of hydrogen-bond acceptors (Lipinski definition) is 3. The van der Waals surface area contributed by atoms with Crippen LogP contribution in [0.1, 0.15) is 29.3 Å². The van der Waals surface area contributed by atoms with Gasteiger partial charge in [-0.2, -0.15) is 0 Å². The molecule has 1 heterocycles. The van der Waals surface area contributed by atoms with Crippen LogP contribution in [0.3, 0.4) is 0 Å². The zero-order valence-corrected chi connectivity index (χ0v) is 11.0. The van der Waals surface area contributed by atoms with Crippen molar-refractivity contribution in [3.05, 3.63) is 35.4 Å². The molecule has 1 aromatic carbocycles. The molecule has 0 aromatic heterocycles. The molecule has 0 bridgehead atoms. The van der Waals surface area contributed by atoms with Crippen LogP contribution in [0.2, 0.25) is 0 Å². The highest BCUT2D eigenvalue weighted by molar-refractivity contribution is 6.07. The third-order valence-electron chi connectivity index (χ3n) is 3.20. The van der Waals surface area contributed by atoms with Crippen LogP contribution in [0.15, 0.2) is 24.3 Å².